The number of hydrogen-bond acceptors (Lipinski definition) is 5. The van der Waals surface area contributed by atoms with Gasteiger partial charge in [-0.1, -0.05) is 361 Å². The van der Waals surface area contributed by atoms with E-state index in [9.17, 15) is 19.8 Å². The van der Waals surface area contributed by atoms with Crippen LogP contribution in [0.3, 0.4) is 0 Å². The van der Waals surface area contributed by atoms with Crippen molar-refractivity contribution in [1.82, 2.24) is 5.32 Å². The van der Waals surface area contributed by atoms with Crippen LogP contribution in [0.5, 0.6) is 0 Å². The zero-order valence-electron chi connectivity index (χ0n) is 50.6. The van der Waals surface area contributed by atoms with Crippen LogP contribution in [-0.4, -0.2) is 47.4 Å². The van der Waals surface area contributed by atoms with Gasteiger partial charge in [0.25, 0.3) is 0 Å². The molecule has 0 heterocycles. The fourth-order valence-corrected chi connectivity index (χ4v) is 11.2. The third-order valence-corrected chi connectivity index (χ3v) is 16.4. The highest BCUT2D eigenvalue weighted by Crippen LogP contribution is 2.19. The summed E-state index contributed by atoms with van der Waals surface area (Å²) in [7, 11) is 0. The smallest absolute Gasteiger partial charge is 0.305 e. The number of aliphatic hydroxyl groups is 2. The lowest BCUT2D eigenvalue weighted by Crippen LogP contribution is -2.45. The summed E-state index contributed by atoms with van der Waals surface area (Å²) < 4.78 is 5.50. The van der Waals surface area contributed by atoms with Crippen LogP contribution >= 0.6 is 0 Å². The van der Waals surface area contributed by atoms with Crippen LogP contribution in [0.1, 0.15) is 399 Å². The zero-order valence-corrected chi connectivity index (χ0v) is 50.6. The van der Waals surface area contributed by atoms with Crippen molar-refractivity contribution in [2.24, 2.45) is 0 Å². The maximum Gasteiger partial charge on any atom is 0.305 e. The van der Waals surface area contributed by atoms with Crippen LogP contribution in [0.4, 0.5) is 0 Å². The molecule has 442 valence electrons. The number of aliphatic hydroxyl groups excluding tert-OH is 2. The van der Waals surface area contributed by atoms with Gasteiger partial charge in [0.05, 0.1) is 25.4 Å². The number of esters is 1. The van der Waals surface area contributed by atoms with Crippen molar-refractivity contribution in [3.05, 3.63) is 0 Å². The average molecular weight is 1050 g/mol. The van der Waals surface area contributed by atoms with E-state index in [1.165, 1.54) is 321 Å². The van der Waals surface area contributed by atoms with E-state index < -0.39 is 12.1 Å². The highest BCUT2D eigenvalue weighted by Gasteiger charge is 2.20. The summed E-state index contributed by atoms with van der Waals surface area (Å²) in [6.07, 6.45) is 77.0. The Balaban J connectivity index is 3.39. The second kappa shape index (κ2) is 64.4. The van der Waals surface area contributed by atoms with Gasteiger partial charge in [0.1, 0.15) is 0 Å². The first-order chi connectivity index (χ1) is 36.5. The summed E-state index contributed by atoms with van der Waals surface area (Å²) >= 11 is 0. The molecule has 0 rings (SSSR count). The van der Waals surface area contributed by atoms with E-state index in [0.29, 0.717) is 25.9 Å². The van der Waals surface area contributed by atoms with Crippen molar-refractivity contribution < 1.29 is 24.5 Å². The van der Waals surface area contributed by atoms with Gasteiger partial charge in [-0.05, 0) is 25.7 Å². The second-order valence-corrected chi connectivity index (χ2v) is 23.9. The molecule has 0 aliphatic heterocycles. The summed E-state index contributed by atoms with van der Waals surface area (Å²) in [5, 5.41) is 23.4. The molecular formula is C68H135NO5. The van der Waals surface area contributed by atoms with Crippen LogP contribution in [0.2, 0.25) is 0 Å². The van der Waals surface area contributed by atoms with Gasteiger partial charge >= 0.3 is 5.97 Å². The molecule has 0 bridgehead atoms. The predicted molar refractivity (Wildman–Crippen MR) is 324 cm³/mol. The zero-order chi connectivity index (χ0) is 53.6. The van der Waals surface area contributed by atoms with Crippen LogP contribution in [0.15, 0.2) is 0 Å². The Hall–Kier alpha value is -1.14. The van der Waals surface area contributed by atoms with E-state index in [1.807, 2.05) is 0 Å². The Labute approximate surface area is 464 Å². The molecular weight excluding hydrogens is 911 g/mol. The summed E-state index contributed by atoms with van der Waals surface area (Å²) in [6.45, 7) is 4.99. The molecule has 0 aromatic rings. The molecule has 0 saturated carbocycles. The minimum Gasteiger partial charge on any atom is -0.466 e. The molecule has 1 amide bonds. The van der Waals surface area contributed by atoms with Gasteiger partial charge in [0.15, 0.2) is 0 Å². The van der Waals surface area contributed by atoms with Gasteiger partial charge < -0.3 is 20.3 Å². The largest absolute Gasteiger partial charge is 0.466 e. The molecule has 0 radical (unpaired) electrons. The van der Waals surface area contributed by atoms with Crippen molar-refractivity contribution in [2.75, 3.05) is 13.2 Å². The topological polar surface area (TPSA) is 95.9 Å². The van der Waals surface area contributed by atoms with Crippen LogP contribution in [0.25, 0.3) is 0 Å². The summed E-state index contributed by atoms with van der Waals surface area (Å²) in [5.74, 6) is -0.0302. The third-order valence-electron chi connectivity index (χ3n) is 16.4. The van der Waals surface area contributed by atoms with E-state index >= 15 is 0 Å². The van der Waals surface area contributed by atoms with Crippen LogP contribution in [-0.2, 0) is 14.3 Å². The average Bonchev–Trinajstić information content (AvgIpc) is 3.40. The standard InChI is InChI=1S/C68H135NO5/c1-3-5-7-9-11-13-15-17-19-21-23-24-25-26-28-29-32-36-40-44-48-52-56-60-66(71)65(64-70)69-67(72)61-57-53-49-45-41-37-33-31-35-39-43-47-51-55-59-63-74-68(73)62-58-54-50-46-42-38-34-30-27-22-20-18-16-14-12-10-8-6-4-2/h65-66,70-71H,3-64H2,1-2H3,(H,69,72). The number of amides is 1. The van der Waals surface area contributed by atoms with E-state index in [2.05, 4.69) is 19.2 Å². The molecule has 0 aromatic carbocycles. The molecule has 2 atom stereocenters. The summed E-state index contributed by atoms with van der Waals surface area (Å²) in [5.41, 5.74) is 0. The Bertz CT molecular complexity index is 1070. The normalized spacial score (nSPS) is 12.4. The fourth-order valence-electron chi connectivity index (χ4n) is 11.2. The van der Waals surface area contributed by atoms with Gasteiger partial charge in [-0.3, -0.25) is 9.59 Å². The maximum absolute atomic E-state index is 12.5. The molecule has 74 heavy (non-hydrogen) atoms. The minimum absolute atomic E-state index is 0.00737. The van der Waals surface area contributed by atoms with Gasteiger partial charge in [-0.25, -0.2) is 0 Å². The van der Waals surface area contributed by atoms with Gasteiger partial charge in [0.2, 0.25) is 5.91 Å². The van der Waals surface area contributed by atoms with Gasteiger partial charge in [-0.2, -0.15) is 0 Å². The molecule has 0 spiro atoms. The van der Waals surface area contributed by atoms with Crippen LogP contribution in [0, 0.1) is 0 Å². The van der Waals surface area contributed by atoms with E-state index in [0.717, 1.165) is 44.9 Å². The van der Waals surface area contributed by atoms with Crippen molar-refractivity contribution >= 4 is 11.9 Å². The summed E-state index contributed by atoms with van der Waals surface area (Å²) in [6, 6.07) is -0.548. The second-order valence-electron chi connectivity index (χ2n) is 23.9. The lowest BCUT2D eigenvalue weighted by Gasteiger charge is -2.22. The molecule has 0 aliphatic rings. The number of carbonyl (C=O) groups is 2. The Morgan fingerprint density at radius 3 is 0.824 bits per heavy atom. The number of rotatable bonds is 65. The molecule has 3 N–H and O–H groups in total. The van der Waals surface area contributed by atoms with Crippen molar-refractivity contribution in [2.45, 2.75) is 411 Å². The Kier molecular flexibility index (Phi) is 63.4. The lowest BCUT2D eigenvalue weighted by molar-refractivity contribution is -0.143. The first-order valence-corrected chi connectivity index (χ1v) is 34.3. The van der Waals surface area contributed by atoms with Crippen LogP contribution < -0.4 is 5.32 Å². The third kappa shape index (κ3) is 60.1. The van der Waals surface area contributed by atoms with Crippen molar-refractivity contribution in [1.29, 1.82) is 0 Å². The molecule has 6 heteroatoms. The van der Waals surface area contributed by atoms with Gasteiger partial charge in [0, 0.05) is 12.8 Å². The molecule has 2 unspecified atom stereocenters. The molecule has 0 saturated heterocycles. The lowest BCUT2D eigenvalue weighted by atomic mass is 10.0. The Morgan fingerprint density at radius 2 is 0.554 bits per heavy atom. The molecule has 0 aromatic heterocycles. The molecule has 6 nitrogen and oxygen atoms in total. The number of carbonyl (C=O) groups excluding carboxylic acids is 2. The predicted octanol–water partition coefficient (Wildman–Crippen LogP) is 21.8. The highest BCUT2D eigenvalue weighted by atomic mass is 16.5. The van der Waals surface area contributed by atoms with Crippen molar-refractivity contribution in [3.8, 4) is 0 Å². The number of ether oxygens (including phenoxy) is 1. The highest BCUT2D eigenvalue weighted by molar-refractivity contribution is 5.76. The van der Waals surface area contributed by atoms with E-state index in [1.54, 1.807) is 0 Å². The molecule has 0 aliphatic carbocycles. The van der Waals surface area contributed by atoms with Gasteiger partial charge in [-0.15, -0.1) is 0 Å². The first kappa shape index (κ1) is 72.9. The maximum atomic E-state index is 12.5. The van der Waals surface area contributed by atoms with E-state index in [4.69, 9.17) is 4.74 Å². The number of unbranched alkanes of at least 4 members (excludes halogenated alkanes) is 54. The minimum atomic E-state index is -0.670. The van der Waals surface area contributed by atoms with E-state index in [-0.39, 0.29) is 18.5 Å². The Morgan fingerprint density at radius 1 is 0.324 bits per heavy atom. The fraction of sp³-hybridized carbons (Fsp3) is 0.971. The first-order valence-electron chi connectivity index (χ1n) is 34.3. The SMILES string of the molecule is CCCCCCCCCCCCCCCCCCCCCCCCCC(O)C(CO)NC(=O)CCCCCCCCCCCCCCCCCOC(=O)CCCCCCCCCCCCCCCCCCCCC. The monoisotopic (exact) mass is 1050 g/mol. The number of nitrogens with one attached hydrogen (secondary N) is 1. The summed E-state index contributed by atoms with van der Waals surface area (Å²) in [4.78, 5) is 24.7. The number of hydrogen-bond donors (Lipinski definition) is 3. The molecule has 0 fully saturated rings. The van der Waals surface area contributed by atoms with Crippen molar-refractivity contribution in [3.63, 3.8) is 0 Å². The quantitative estimate of drug-likeness (QED) is 0.0417.